The van der Waals surface area contributed by atoms with Crippen LogP contribution in [0.5, 0.6) is 0 Å². The second-order valence-electron chi connectivity index (χ2n) is 7.19. The standard InChI is InChI=1S/C21H23N5O7/c1-12(19(29)30)33-20(31)13(2)32-18(28)6-5-17(27)26-10-9-24-21(26)25-14-3-4-15-16(11-14)23-8-7-22-15/h3-4,7-8,11-13H,5-6,9-10H2,1-2H3,(H,24,25)(H,29,30). The molecule has 1 amide bonds. The molecule has 2 aromatic rings. The van der Waals surface area contributed by atoms with Crippen LogP contribution in [0.25, 0.3) is 11.0 Å². The van der Waals surface area contributed by atoms with Gasteiger partial charge in [0.05, 0.1) is 23.1 Å². The van der Waals surface area contributed by atoms with Gasteiger partial charge in [-0.1, -0.05) is 0 Å². The number of carbonyl (C=O) groups is 4. The zero-order valence-electron chi connectivity index (χ0n) is 18.1. The van der Waals surface area contributed by atoms with Crippen LogP contribution in [0.3, 0.4) is 0 Å². The average Bonchev–Trinajstić information content (AvgIpc) is 3.25. The van der Waals surface area contributed by atoms with E-state index in [1.54, 1.807) is 30.6 Å². The number of carbonyl (C=O) groups excluding carboxylic acids is 3. The minimum absolute atomic E-state index is 0.157. The molecule has 2 atom stereocenters. The van der Waals surface area contributed by atoms with Crippen molar-refractivity contribution in [1.82, 2.24) is 20.2 Å². The van der Waals surface area contributed by atoms with Crippen LogP contribution < -0.4 is 5.32 Å². The summed E-state index contributed by atoms with van der Waals surface area (Å²) >= 11 is 0. The molecule has 1 fully saturated rings. The van der Waals surface area contributed by atoms with Crippen molar-refractivity contribution in [1.29, 1.82) is 0 Å². The van der Waals surface area contributed by atoms with Gasteiger partial charge in [-0.15, -0.1) is 0 Å². The van der Waals surface area contributed by atoms with Crippen LogP contribution >= 0.6 is 0 Å². The molecule has 0 aliphatic carbocycles. The quantitative estimate of drug-likeness (QED) is 0.542. The van der Waals surface area contributed by atoms with Crippen molar-refractivity contribution in [2.24, 2.45) is 4.99 Å². The molecule has 12 nitrogen and oxygen atoms in total. The Labute approximate surface area is 188 Å². The number of carboxylic acid groups (broad SMARTS) is 1. The Morgan fingerprint density at radius 1 is 1.09 bits per heavy atom. The third-order valence-electron chi connectivity index (χ3n) is 4.69. The number of esters is 2. The maximum atomic E-state index is 12.6. The van der Waals surface area contributed by atoms with Crippen LogP contribution in [-0.4, -0.2) is 75.0 Å². The van der Waals surface area contributed by atoms with Crippen LogP contribution in [0.4, 0.5) is 5.69 Å². The number of nitrogens with zero attached hydrogens (tertiary/aromatic N) is 4. The van der Waals surface area contributed by atoms with Crippen LogP contribution in [0.2, 0.25) is 0 Å². The topological polar surface area (TPSA) is 160 Å². The number of ether oxygens (including phenoxy) is 2. The first-order chi connectivity index (χ1) is 15.7. The van der Waals surface area contributed by atoms with Crippen LogP contribution in [0.15, 0.2) is 35.6 Å². The fraction of sp³-hybridized carbons (Fsp3) is 0.381. The highest BCUT2D eigenvalue weighted by Gasteiger charge is 2.27. The number of aliphatic carboxylic acids is 1. The average molecular weight is 457 g/mol. The van der Waals surface area contributed by atoms with E-state index in [-0.39, 0.29) is 18.7 Å². The van der Waals surface area contributed by atoms with Gasteiger partial charge < -0.3 is 19.9 Å². The Kier molecular flexibility index (Phi) is 7.49. The molecule has 3 rings (SSSR count). The molecule has 2 unspecified atom stereocenters. The number of hydrogen-bond donors (Lipinski definition) is 2. The van der Waals surface area contributed by atoms with Crippen molar-refractivity contribution >= 4 is 46.5 Å². The first-order valence-corrected chi connectivity index (χ1v) is 10.2. The molecular formula is C21H23N5O7. The van der Waals surface area contributed by atoms with Gasteiger partial charge >= 0.3 is 17.9 Å². The molecule has 12 heteroatoms. The number of hydrogen-bond acceptors (Lipinski definition) is 9. The fourth-order valence-electron chi connectivity index (χ4n) is 2.94. The SMILES string of the molecule is CC(OC(=O)C(C)OC(=O)CCC(=O)N1CCN/C1=N/c1ccc2nccnc2c1)C(=O)O. The molecular weight excluding hydrogens is 434 g/mol. The van der Waals surface area contributed by atoms with Gasteiger partial charge in [0.1, 0.15) is 0 Å². The van der Waals surface area contributed by atoms with Crippen molar-refractivity contribution in [2.45, 2.75) is 38.9 Å². The van der Waals surface area contributed by atoms with E-state index >= 15 is 0 Å². The summed E-state index contributed by atoms with van der Waals surface area (Å²) in [5, 5.41) is 11.8. The number of amides is 1. The Morgan fingerprint density at radius 3 is 2.55 bits per heavy atom. The van der Waals surface area contributed by atoms with Crippen molar-refractivity contribution in [3.63, 3.8) is 0 Å². The highest BCUT2D eigenvalue weighted by molar-refractivity contribution is 6.00. The summed E-state index contributed by atoms with van der Waals surface area (Å²) in [6, 6.07) is 5.29. The normalized spacial score (nSPS) is 16.2. The number of guanidine groups is 1. The molecule has 1 saturated heterocycles. The highest BCUT2D eigenvalue weighted by atomic mass is 16.6. The lowest BCUT2D eigenvalue weighted by Crippen LogP contribution is -2.36. The Bertz CT molecular complexity index is 1100. The van der Waals surface area contributed by atoms with Gasteiger partial charge in [-0.2, -0.15) is 0 Å². The van der Waals surface area contributed by atoms with Gasteiger partial charge in [0, 0.05) is 31.9 Å². The Morgan fingerprint density at radius 2 is 1.82 bits per heavy atom. The summed E-state index contributed by atoms with van der Waals surface area (Å²) in [5.41, 5.74) is 1.98. The van der Waals surface area contributed by atoms with Gasteiger partial charge in [-0.3, -0.25) is 24.5 Å². The Balaban J connectivity index is 1.54. The molecule has 174 valence electrons. The van der Waals surface area contributed by atoms with Crippen molar-refractivity contribution in [3.05, 3.63) is 30.6 Å². The molecule has 1 aromatic heterocycles. The minimum Gasteiger partial charge on any atom is -0.479 e. The van der Waals surface area contributed by atoms with E-state index in [4.69, 9.17) is 9.84 Å². The molecule has 0 saturated carbocycles. The summed E-state index contributed by atoms with van der Waals surface area (Å²) in [6.45, 7) is 3.34. The monoisotopic (exact) mass is 457 g/mol. The van der Waals surface area contributed by atoms with E-state index in [2.05, 4.69) is 25.0 Å². The number of carboxylic acids is 1. The van der Waals surface area contributed by atoms with E-state index in [1.165, 1.54) is 18.7 Å². The summed E-state index contributed by atoms with van der Waals surface area (Å²) in [6.07, 6.45) is 0.0927. The van der Waals surface area contributed by atoms with Crippen LogP contribution in [0, 0.1) is 0 Å². The number of benzene rings is 1. The third kappa shape index (κ3) is 6.21. The summed E-state index contributed by atoms with van der Waals surface area (Å²) in [4.78, 5) is 61.5. The lowest BCUT2D eigenvalue weighted by atomic mass is 10.2. The molecule has 0 radical (unpaired) electrons. The molecule has 1 aliphatic rings. The third-order valence-corrected chi connectivity index (χ3v) is 4.69. The number of aliphatic imine (C=N–C) groups is 1. The summed E-state index contributed by atoms with van der Waals surface area (Å²) in [7, 11) is 0. The predicted octanol–water partition coefficient (Wildman–Crippen LogP) is 0.777. The van der Waals surface area contributed by atoms with Gasteiger partial charge in [0.15, 0.2) is 12.2 Å². The zero-order valence-corrected chi connectivity index (χ0v) is 18.1. The number of fused-ring (bicyclic) bond motifs is 1. The van der Waals surface area contributed by atoms with E-state index in [9.17, 15) is 19.2 Å². The van der Waals surface area contributed by atoms with Crippen LogP contribution in [-0.2, 0) is 28.7 Å². The maximum Gasteiger partial charge on any atom is 0.347 e. The lowest BCUT2D eigenvalue weighted by molar-refractivity contribution is -0.175. The minimum atomic E-state index is -1.37. The first-order valence-electron chi connectivity index (χ1n) is 10.2. The van der Waals surface area contributed by atoms with Crippen molar-refractivity contribution < 1.29 is 33.8 Å². The molecule has 2 N–H and O–H groups in total. The molecule has 1 aliphatic heterocycles. The van der Waals surface area contributed by atoms with E-state index < -0.39 is 30.1 Å². The van der Waals surface area contributed by atoms with E-state index in [0.717, 1.165) is 5.52 Å². The van der Waals surface area contributed by atoms with Crippen molar-refractivity contribution in [3.8, 4) is 0 Å². The first kappa shape index (κ1) is 23.6. The predicted molar refractivity (Wildman–Crippen MR) is 114 cm³/mol. The van der Waals surface area contributed by atoms with Gasteiger partial charge in [0.2, 0.25) is 11.9 Å². The molecule has 2 heterocycles. The van der Waals surface area contributed by atoms with Crippen molar-refractivity contribution in [2.75, 3.05) is 13.1 Å². The highest BCUT2D eigenvalue weighted by Crippen LogP contribution is 2.19. The zero-order chi connectivity index (χ0) is 24.0. The number of rotatable bonds is 8. The van der Waals surface area contributed by atoms with E-state index in [1.807, 2.05) is 0 Å². The summed E-state index contributed by atoms with van der Waals surface area (Å²) < 4.78 is 9.59. The van der Waals surface area contributed by atoms with Gasteiger partial charge in [-0.05, 0) is 32.0 Å². The summed E-state index contributed by atoms with van der Waals surface area (Å²) in [5.74, 6) is -3.07. The molecule has 1 aromatic carbocycles. The largest absolute Gasteiger partial charge is 0.479 e. The molecule has 0 bridgehead atoms. The number of aromatic nitrogens is 2. The fourth-order valence-corrected chi connectivity index (χ4v) is 2.94. The molecule has 0 spiro atoms. The number of nitrogens with one attached hydrogen (secondary N) is 1. The second-order valence-corrected chi connectivity index (χ2v) is 7.19. The van der Waals surface area contributed by atoms with Crippen LogP contribution in [0.1, 0.15) is 26.7 Å². The van der Waals surface area contributed by atoms with Gasteiger partial charge in [0.25, 0.3) is 0 Å². The Hall–Kier alpha value is -4.09. The second kappa shape index (κ2) is 10.5. The smallest absolute Gasteiger partial charge is 0.347 e. The van der Waals surface area contributed by atoms with Gasteiger partial charge in [-0.25, -0.2) is 14.6 Å². The van der Waals surface area contributed by atoms with E-state index in [0.29, 0.717) is 30.3 Å². The lowest BCUT2D eigenvalue weighted by Gasteiger charge is -2.17. The maximum absolute atomic E-state index is 12.6. The molecule has 33 heavy (non-hydrogen) atoms.